The average Bonchev–Trinajstić information content (AvgIpc) is 3.15. The molecule has 4 rings (SSSR count). The van der Waals surface area contributed by atoms with Crippen LogP contribution in [0.25, 0.3) is 6.08 Å². The van der Waals surface area contributed by atoms with Gasteiger partial charge in [0.1, 0.15) is 11.3 Å². The quantitative estimate of drug-likeness (QED) is 0.498. The predicted octanol–water partition coefficient (Wildman–Crippen LogP) is 4.15. The molecule has 9 heteroatoms. The van der Waals surface area contributed by atoms with Crippen molar-refractivity contribution in [1.29, 1.82) is 0 Å². The summed E-state index contributed by atoms with van der Waals surface area (Å²) in [6, 6.07) is 12.9. The Labute approximate surface area is 174 Å². The van der Waals surface area contributed by atoms with Crippen molar-refractivity contribution >= 4 is 53.0 Å². The van der Waals surface area contributed by atoms with Crippen LogP contribution in [0.15, 0.2) is 80.9 Å². The first-order valence-electron chi connectivity index (χ1n) is 8.36. The molecule has 4 amide bonds. The van der Waals surface area contributed by atoms with Crippen molar-refractivity contribution in [2.24, 2.45) is 0 Å². The molecular formula is C20H12ClN3O4S. The summed E-state index contributed by atoms with van der Waals surface area (Å²) < 4.78 is 5.69. The van der Waals surface area contributed by atoms with E-state index in [1.54, 1.807) is 36.4 Å². The summed E-state index contributed by atoms with van der Waals surface area (Å²) in [7, 11) is 0. The molecule has 3 heterocycles. The van der Waals surface area contributed by atoms with Gasteiger partial charge in [0.05, 0.1) is 11.9 Å². The number of furan rings is 1. The van der Waals surface area contributed by atoms with E-state index >= 15 is 0 Å². The van der Waals surface area contributed by atoms with Gasteiger partial charge in [-0.3, -0.25) is 19.9 Å². The lowest BCUT2D eigenvalue weighted by molar-refractivity contribution is -0.122. The topological polar surface area (TPSA) is 92.5 Å². The van der Waals surface area contributed by atoms with Crippen molar-refractivity contribution in [2.45, 2.75) is 9.99 Å². The van der Waals surface area contributed by atoms with Crippen LogP contribution in [0.5, 0.6) is 0 Å². The molecule has 0 radical (unpaired) electrons. The lowest BCUT2D eigenvalue weighted by Gasteiger charge is -2.25. The van der Waals surface area contributed by atoms with Gasteiger partial charge >= 0.3 is 6.03 Å². The van der Waals surface area contributed by atoms with Crippen LogP contribution >= 0.6 is 23.4 Å². The summed E-state index contributed by atoms with van der Waals surface area (Å²) in [6.45, 7) is 0. The molecule has 0 saturated carbocycles. The fraction of sp³-hybridized carbons (Fsp3) is 0. The Morgan fingerprint density at radius 2 is 1.86 bits per heavy atom. The van der Waals surface area contributed by atoms with Gasteiger partial charge < -0.3 is 4.42 Å². The zero-order valence-corrected chi connectivity index (χ0v) is 16.2. The van der Waals surface area contributed by atoms with E-state index in [1.807, 2.05) is 12.1 Å². The molecule has 0 aliphatic carbocycles. The summed E-state index contributed by atoms with van der Waals surface area (Å²) in [5.74, 6) is -1.24. The van der Waals surface area contributed by atoms with Gasteiger partial charge in [-0.05, 0) is 54.6 Å². The number of carbonyl (C=O) groups excluding carboxylic acids is 3. The molecule has 144 valence electrons. The molecule has 1 aliphatic heterocycles. The third-order valence-electron chi connectivity index (χ3n) is 3.93. The largest absolute Gasteiger partial charge is 0.450 e. The Morgan fingerprint density at radius 3 is 2.59 bits per heavy atom. The maximum absolute atomic E-state index is 12.8. The van der Waals surface area contributed by atoms with Gasteiger partial charge in [-0.1, -0.05) is 23.4 Å². The number of benzene rings is 1. The van der Waals surface area contributed by atoms with E-state index in [0.717, 1.165) is 9.80 Å². The third kappa shape index (κ3) is 4.08. The Morgan fingerprint density at radius 1 is 1.07 bits per heavy atom. The normalized spacial score (nSPS) is 15.7. The van der Waals surface area contributed by atoms with Crippen LogP contribution in [-0.2, 0) is 9.59 Å². The number of imide groups is 2. The number of pyridine rings is 1. The van der Waals surface area contributed by atoms with Crippen molar-refractivity contribution in [3.63, 3.8) is 0 Å². The van der Waals surface area contributed by atoms with Gasteiger partial charge in [0.25, 0.3) is 11.8 Å². The SMILES string of the molecule is O=C1NC(=O)N(c2cccnc2)C(=O)/C1=C/c1ccc(Sc2ccc(Cl)cc2)o1. The van der Waals surface area contributed by atoms with Crippen LogP contribution in [0, 0.1) is 0 Å². The summed E-state index contributed by atoms with van der Waals surface area (Å²) in [5.41, 5.74) is 0.0395. The second-order valence-electron chi connectivity index (χ2n) is 5.88. The van der Waals surface area contributed by atoms with E-state index in [2.05, 4.69) is 10.3 Å². The van der Waals surface area contributed by atoms with Crippen LogP contribution < -0.4 is 10.2 Å². The van der Waals surface area contributed by atoms with Crippen LogP contribution in [0.1, 0.15) is 5.76 Å². The minimum absolute atomic E-state index is 0.217. The fourth-order valence-corrected chi connectivity index (χ4v) is 3.51. The lowest BCUT2D eigenvalue weighted by atomic mass is 10.1. The molecule has 29 heavy (non-hydrogen) atoms. The molecule has 1 saturated heterocycles. The van der Waals surface area contributed by atoms with Gasteiger partial charge in [0.15, 0.2) is 5.09 Å². The summed E-state index contributed by atoms with van der Waals surface area (Å²) in [5, 5.41) is 3.36. The summed E-state index contributed by atoms with van der Waals surface area (Å²) in [4.78, 5) is 42.8. The molecule has 0 unspecified atom stereocenters. The molecule has 2 aromatic heterocycles. The number of hydrogen-bond acceptors (Lipinski definition) is 6. The highest BCUT2D eigenvalue weighted by Crippen LogP contribution is 2.31. The predicted molar refractivity (Wildman–Crippen MR) is 108 cm³/mol. The van der Waals surface area contributed by atoms with E-state index in [1.165, 1.54) is 30.2 Å². The molecule has 0 atom stereocenters. The maximum Gasteiger partial charge on any atom is 0.336 e. The van der Waals surface area contributed by atoms with Gasteiger partial charge in [-0.2, -0.15) is 0 Å². The van der Waals surface area contributed by atoms with Gasteiger partial charge in [0.2, 0.25) is 0 Å². The third-order valence-corrected chi connectivity index (χ3v) is 5.11. The van der Waals surface area contributed by atoms with Crippen molar-refractivity contribution in [2.75, 3.05) is 4.90 Å². The van der Waals surface area contributed by atoms with E-state index in [0.29, 0.717) is 15.9 Å². The number of hydrogen-bond donors (Lipinski definition) is 1. The number of carbonyl (C=O) groups is 3. The number of urea groups is 1. The zero-order chi connectivity index (χ0) is 20.4. The first kappa shape index (κ1) is 19.0. The first-order valence-corrected chi connectivity index (χ1v) is 9.55. The molecule has 1 aliphatic rings. The molecule has 0 bridgehead atoms. The molecule has 0 spiro atoms. The highest BCUT2D eigenvalue weighted by molar-refractivity contribution is 7.99. The van der Waals surface area contributed by atoms with Crippen molar-refractivity contribution in [3.8, 4) is 0 Å². The average molecular weight is 426 g/mol. The minimum Gasteiger partial charge on any atom is -0.450 e. The number of halogens is 1. The first-order chi connectivity index (χ1) is 14.0. The monoisotopic (exact) mass is 425 g/mol. The molecule has 1 N–H and O–H groups in total. The van der Waals surface area contributed by atoms with E-state index < -0.39 is 17.8 Å². The lowest BCUT2D eigenvalue weighted by Crippen LogP contribution is -2.54. The number of nitrogens with one attached hydrogen (secondary N) is 1. The van der Waals surface area contributed by atoms with Crippen LogP contribution in [0.4, 0.5) is 10.5 Å². The summed E-state index contributed by atoms with van der Waals surface area (Å²) in [6.07, 6.45) is 4.18. The van der Waals surface area contributed by atoms with Gasteiger partial charge in [-0.15, -0.1) is 0 Å². The Kier molecular flexibility index (Phi) is 5.20. The Balaban J connectivity index is 1.59. The van der Waals surface area contributed by atoms with Crippen LogP contribution in [0.3, 0.4) is 0 Å². The Hall–Kier alpha value is -3.36. The number of rotatable bonds is 4. The highest BCUT2D eigenvalue weighted by atomic mass is 35.5. The summed E-state index contributed by atoms with van der Waals surface area (Å²) >= 11 is 7.24. The van der Waals surface area contributed by atoms with E-state index in [4.69, 9.17) is 16.0 Å². The van der Waals surface area contributed by atoms with Gasteiger partial charge in [-0.25, -0.2) is 9.69 Å². The van der Waals surface area contributed by atoms with Crippen molar-refractivity contribution in [1.82, 2.24) is 10.3 Å². The molecule has 1 aromatic carbocycles. The van der Waals surface area contributed by atoms with Crippen molar-refractivity contribution in [3.05, 3.63) is 77.3 Å². The standard InChI is InChI=1S/C20H12ClN3O4S/c21-12-3-6-15(7-4-12)29-17-8-5-14(28-17)10-16-18(25)23-20(27)24(19(16)26)13-2-1-9-22-11-13/h1-11H,(H,23,25,27)/b16-10+. The maximum atomic E-state index is 12.8. The smallest absolute Gasteiger partial charge is 0.336 e. The minimum atomic E-state index is -0.830. The van der Waals surface area contributed by atoms with E-state index in [-0.39, 0.29) is 11.3 Å². The second-order valence-corrected chi connectivity index (χ2v) is 7.40. The number of nitrogens with zero attached hydrogens (tertiary/aromatic N) is 2. The number of aromatic nitrogens is 1. The number of amides is 4. The van der Waals surface area contributed by atoms with E-state index in [9.17, 15) is 14.4 Å². The molecular weight excluding hydrogens is 414 g/mol. The molecule has 7 nitrogen and oxygen atoms in total. The zero-order valence-electron chi connectivity index (χ0n) is 14.7. The van der Waals surface area contributed by atoms with Gasteiger partial charge in [0, 0.05) is 16.1 Å². The highest BCUT2D eigenvalue weighted by Gasteiger charge is 2.37. The molecule has 3 aromatic rings. The molecule has 1 fully saturated rings. The fourth-order valence-electron chi connectivity index (χ4n) is 2.61. The number of anilines is 1. The van der Waals surface area contributed by atoms with Crippen LogP contribution in [0.2, 0.25) is 5.02 Å². The Bertz CT molecular complexity index is 1130. The second kappa shape index (κ2) is 7.94. The van der Waals surface area contributed by atoms with Crippen molar-refractivity contribution < 1.29 is 18.8 Å². The number of barbiturate groups is 1. The van der Waals surface area contributed by atoms with Crippen LogP contribution in [-0.4, -0.2) is 22.8 Å².